The first-order chi connectivity index (χ1) is 10.5. The van der Waals surface area contributed by atoms with Gasteiger partial charge in [-0.1, -0.05) is 84.0 Å². The van der Waals surface area contributed by atoms with Gasteiger partial charge >= 0.3 is 75.5 Å². The standard InChI is InChI=1S/C16H32O2.CH2O3.2Ca.H2O/c1-2-3-4-5-6-7-8-9-10-11-12-13-14-15-16(17)18;2-1(3)4;;;/h2-15H2,1H3,(H,17,18);(H2,2,3,4);;;1H2/q;;2*+2;/p-3. The normalized spacial score (nSPS) is 8.68. The molecule has 0 atom stereocenters. The molecule has 6 nitrogen and oxygen atoms in total. The molecule has 0 aromatic carbocycles. The van der Waals surface area contributed by atoms with Crippen LogP contribution in [0.5, 0.6) is 0 Å². The van der Waals surface area contributed by atoms with Crippen molar-refractivity contribution in [3.63, 3.8) is 0 Å². The van der Waals surface area contributed by atoms with Crippen molar-refractivity contribution in [3.05, 3.63) is 0 Å². The van der Waals surface area contributed by atoms with Gasteiger partial charge in [-0.25, -0.2) is 0 Å². The summed E-state index contributed by atoms with van der Waals surface area (Å²) in [6.07, 6.45) is 14.6. The van der Waals surface area contributed by atoms with E-state index in [0.29, 0.717) is 0 Å². The van der Waals surface area contributed by atoms with Gasteiger partial charge in [0.1, 0.15) is 0 Å². The van der Waals surface area contributed by atoms with Crippen LogP contribution < -0.4 is 15.3 Å². The van der Waals surface area contributed by atoms with E-state index in [0.717, 1.165) is 12.8 Å². The molecule has 0 saturated carbocycles. The van der Waals surface area contributed by atoms with E-state index in [4.69, 9.17) is 15.0 Å². The molecule has 0 aromatic heterocycles. The van der Waals surface area contributed by atoms with E-state index < -0.39 is 12.1 Å². The molecule has 0 aromatic rings. The number of aliphatic carboxylic acids is 1. The number of carboxylic acid groups (broad SMARTS) is 3. The molecule has 0 aliphatic carbocycles. The van der Waals surface area contributed by atoms with Gasteiger partial charge in [0, 0.05) is 5.97 Å². The Morgan fingerprint density at radius 3 is 1.08 bits per heavy atom. The number of unbranched alkanes of at least 4 members (excludes halogenated alkanes) is 12. The first-order valence-corrected chi connectivity index (χ1v) is 8.58. The number of rotatable bonds is 14. The van der Waals surface area contributed by atoms with Gasteiger partial charge in [0.2, 0.25) is 0 Å². The minimum atomic E-state index is -2.33. The minimum Gasteiger partial charge on any atom is -0.652 e. The van der Waals surface area contributed by atoms with E-state index in [1.54, 1.807) is 0 Å². The molecule has 0 radical (unpaired) electrons. The summed E-state index contributed by atoms with van der Waals surface area (Å²) in [6.45, 7) is 2.26. The van der Waals surface area contributed by atoms with Gasteiger partial charge < -0.3 is 30.4 Å². The average Bonchev–Trinajstić information content (AvgIpc) is 2.43. The molecule has 0 saturated heterocycles. The van der Waals surface area contributed by atoms with Crippen molar-refractivity contribution < 1.29 is 30.4 Å². The monoisotopic (exact) mass is 413 g/mol. The smallest absolute Gasteiger partial charge is 0.652 e. The fourth-order valence-corrected chi connectivity index (χ4v) is 2.29. The van der Waals surface area contributed by atoms with Crippen molar-refractivity contribution in [2.45, 2.75) is 96.8 Å². The predicted molar refractivity (Wildman–Crippen MR) is 95.8 cm³/mol. The Hall–Kier alpha value is 1.22. The average molecular weight is 414 g/mol. The third-order valence-electron chi connectivity index (χ3n) is 3.48. The largest absolute Gasteiger partial charge is 2.00 e. The van der Waals surface area contributed by atoms with E-state index in [1.165, 1.54) is 70.6 Å². The first kappa shape index (κ1) is 37.0. The van der Waals surface area contributed by atoms with Gasteiger partial charge in [-0.2, -0.15) is 0 Å². The van der Waals surface area contributed by atoms with Crippen molar-refractivity contribution in [1.82, 2.24) is 0 Å². The Morgan fingerprint density at radius 2 is 0.840 bits per heavy atom. The second-order valence-corrected chi connectivity index (χ2v) is 5.61. The predicted octanol–water partition coefficient (Wildman–Crippen LogP) is 0.184. The maximum Gasteiger partial charge on any atom is 2.00 e. The molecule has 140 valence electrons. The molecular formula is C17H33Ca2O6+. The van der Waals surface area contributed by atoms with E-state index in [9.17, 15) is 9.90 Å². The summed E-state index contributed by atoms with van der Waals surface area (Å²) in [7, 11) is 0. The van der Waals surface area contributed by atoms with Crippen LogP contribution in [0.2, 0.25) is 0 Å². The summed E-state index contributed by atoms with van der Waals surface area (Å²) in [5, 5.41) is 26.9. The molecule has 0 aliphatic heterocycles. The Kier molecular flexibility index (Phi) is 48.7. The van der Waals surface area contributed by atoms with Crippen molar-refractivity contribution in [2.24, 2.45) is 0 Å². The van der Waals surface area contributed by atoms with Crippen LogP contribution in [0, 0.1) is 0 Å². The zero-order valence-electron chi connectivity index (χ0n) is 15.9. The van der Waals surface area contributed by atoms with Gasteiger partial charge in [-0.15, -0.1) is 0 Å². The van der Waals surface area contributed by atoms with E-state index in [2.05, 4.69) is 6.92 Å². The molecular weight excluding hydrogens is 380 g/mol. The Morgan fingerprint density at radius 1 is 0.600 bits per heavy atom. The molecule has 0 spiro atoms. The van der Waals surface area contributed by atoms with Crippen molar-refractivity contribution in [1.29, 1.82) is 0 Å². The number of hydrogen-bond donors (Lipinski definition) is 0. The van der Waals surface area contributed by atoms with Gasteiger partial charge in [0.15, 0.2) is 0 Å². The van der Waals surface area contributed by atoms with E-state index in [-0.39, 0.29) is 87.4 Å². The summed E-state index contributed by atoms with van der Waals surface area (Å²) in [6, 6.07) is 0. The molecule has 25 heavy (non-hydrogen) atoms. The van der Waals surface area contributed by atoms with Gasteiger partial charge in [-0.3, -0.25) is 0 Å². The second kappa shape index (κ2) is 32.9. The van der Waals surface area contributed by atoms with Crippen molar-refractivity contribution in [3.8, 4) is 0 Å². The fourth-order valence-electron chi connectivity index (χ4n) is 2.29. The SMILES string of the molecule is CCCCCCCCCCCCCCCC(=O)[O-].O.O=C([O-])[O-].[Ca+2].[Ca+2]. The molecule has 0 heterocycles. The Labute approximate surface area is 212 Å². The van der Waals surface area contributed by atoms with Gasteiger partial charge in [0.05, 0.1) is 0 Å². The summed E-state index contributed by atoms with van der Waals surface area (Å²) >= 11 is 0. The van der Waals surface area contributed by atoms with Crippen LogP contribution in [0.15, 0.2) is 0 Å². The van der Waals surface area contributed by atoms with Crippen molar-refractivity contribution >= 4 is 87.6 Å². The first-order valence-electron chi connectivity index (χ1n) is 8.58. The summed E-state index contributed by atoms with van der Waals surface area (Å²) in [5.41, 5.74) is 0. The Bertz CT molecular complexity index is 262. The van der Waals surface area contributed by atoms with Crippen LogP contribution in [0.25, 0.3) is 0 Å². The zero-order valence-corrected chi connectivity index (χ0v) is 20.3. The molecule has 0 rings (SSSR count). The third kappa shape index (κ3) is 51.7. The van der Waals surface area contributed by atoms with Crippen LogP contribution in [-0.2, 0) is 4.79 Å². The topological polar surface area (TPSA) is 135 Å². The fraction of sp³-hybridized carbons (Fsp3) is 0.882. The number of hydrogen-bond acceptors (Lipinski definition) is 5. The summed E-state index contributed by atoms with van der Waals surface area (Å²) < 4.78 is 0. The molecule has 0 unspecified atom stereocenters. The summed E-state index contributed by atoms with van der Waals surface area (Å²) in [4.78, 5) is 18.5. The van der Waals surface area contributed by atoms with Crippen LogP contribution in [-0.4, -0.2) is 93.1 Å². The molecule has 0 aliphatic rings. The van der Waals surface area contributed by atoms with Crippen molar-refractivity contribution in [2.75, 3.05) is 0 Å². The summed E-state index contributed by atoms with van der Waals surface area (Å²) in [5.74, 6) is -0.905. The van der Waals surface area contributed by atoms with Gasteiger partial charge in [0.25, 0.3) is 0 Å². The third-order valence-corrected chi connectivity index (χ3v) is 3.48. The van der Waals surface area contributed by atoms with Crippen LogP contribution in [0.1, 0.15) is 96.8 Å². The Balaban J connectivity index is -0.000000171. The number of carbonyl (C=O) groups is 2. The van der Waals surface area contributed by atoms with Crippen LogP contribution >= 0.6 is 0 Å². The van der Waals surface area contributed by atoms with Gasteiger partial charge in [-0.05, 0) is 19.0 Å². The number of carboxylic acids is 1. The number of carbonyl (C=O) groups excluding carboxylic acids is 2. The molecule has 0 fully saturated rings. The molecule has 8 heteroatoms. The van der Waals surface area contributed by atoms with E-state index in [1.807, 2.05) is 0 Å². The van der Waals surface area contributed by atoms with Crippen LogP contribution in [0.4, 0.5) is 4.79 Å². The zero-order chi connectivity index (χ0) is 17.1. The minimum absolute atomic E-state index is 0. The molecule has 0 bridgehead atoms. The molecule has 0 amide bonds. The molecule has 2 N–H and O–H groups in total. The van der Waals surface area contributed by atoms with E-state index >= 15 is 0 Å². The maximum atomic E-state index is 10.2. The quantitative estimate of drug-likeness (QED) is 0.296. The maximum absolute atomic E-state index is 10.2. The second-order valence-electron chi connectivity index (χ2n) is 5.61. The van der Waals surface area contributed by atoms with Crippen LogP contribution in [0.3, 0.4) is 0 Å².